The van der Waals surface area contributed by atoms with Gasteiger partial charge in [-0.2, -0.15) is 0 Å². The van der Waals surface area contributed by atoms with E-state index in [-0.39, 0.29) is 11.7 Å². The second kappa shape index (κ2) is 8.63. The molecule has 6 nitrogen and oxygen atoms in total. The van der Waals surface area contributed by atoms with Gasteiger partial charge in [0.2, 0.25) is 0 Å². The molecule has 0 fully saturated rings. The molecule has 5 aromatic rings. The van der Waals surface area contributed by atoms with Crippen molar-refractivity contribution >= 4 is 33.4 Å². The number of pyridine rings is 3. The molecule has 162 valence electrons. The van der Waals surface area contributed by atoms with Gasteiger partial charge < -0.3 is 11.1 Å². The van der Waals surface area contributed by atoms with Crippen LogP contribution in [0.15, 0.2) is 79.3 Å². The van der Waals surface area contributed by atoms with Crippen LogP contribution in [0.3, 0.4) is 0 Å². The van der Waals surface area contributed by atoms with E-state index < -0.39 is 0 Å². The number of hydrogen-bond acceptors (Lipinski definition) is 5. The number of halogens is 1. The third-order valence-corrected chi connectivity index (χ3v) is 5.49. The zero-order valence-electron chi connectivity index (χ0n) is 17.6. The van der Waals surface area contributed by atoms with E-state index in [1.807, 2.05) is 42.5 Å². The van der Waals surface area contributed by atoms with Gasteiger partial charge in [-0.3, -0.25) is 14.8 Å². The van der Waals surface area contributed by atoms with Crippen molar-refractivity contribution in [2.45, 2.75) is 13.0 Å². The molecule has 5 rings (SSSR count). The van der Waals surface area contributed by atoms with Crippen molar-refractivity contribution in [2.24, 2.45) is 0 Å². The third kappa shape index (κ3) is 4.48. The van der Waals surface area contributed by atoms with Crippen molar-refractivity contribution in [3.8, 4) is 0 Å². The zero-order valence-corrected chi connectivity index (χ0v) is 17.6. The number of carbonyl (C=O) groups is 1. The maximum atomic E-state index is 13.5. The Hall–Kier alpha value is -4.39. The minimum atomic E-state index is -0.372. The number of amides is 1. The second-order valence-electron chi connectivity index (χ2n) is 7.83. The molecule has 1 amide bonds. The number of nitrogens with zero attached hydrogens (tertiary/aromatic N) is 3. The van der Waals surface area contributed by atoms with Crippen molar-refractivity contribution in [1.29, 1.82) is 0 Å². The van der Waals surface area contributed by atoms with Crippen molar-refractivity contribution in [3.05, 3.63) is 107 Å². The van der Waals surface area contributed by atoms with E-state index in [4.69, 9.17) is 5.73 Å². The molecule has 3 heterocycles. The Kier molecular flexibility index (Phi) is 5.36. The molecule has 33 heavy (non-hydrogen) atoms. The lowest BCUT2D eigenvalue weighted by Crippen LogP contribution is -2.23. The Bertz CT molecular complexity index is 1500. The summed E-state index contributed by atoms with van der Waals surface area (Å²) in [7, 11) is 0. The topological polar surface area (TPSA) is 93.8 Å². The molecule has 0 aliphatic carbocycles. The molecule has 0 saturated heterocycles. The van der Waals surface area contributed by atoms with Gasteiger partial charge in [-0.05, 0) is 59.0 Å². The SMILES string of the molecule is Nc1nccc2cc(CNC(=O)c3ccnc(Cc4ccc5ncc(F)cc5c4)c3)ccc12. The van der Waals surface area contributed by atoms with Crippen LogP contribution in [0.4, 0.5) is 10.2 Å². The highest BCUT2D eigenvalue weighted by molar-refractivity contribution is 5.94. The lowest BCUT2D eigenvalue weighted by atomic mass is 10.0. The first kappa shape index (κ1) is 20.5. The summed E-state index contributed by atoms with van der Waals surface area (Å²) < 4.78 is 13.5. The number of carbonyl (C=O) groups excluding carboxylic acids is 1. The number of nitrogens with one attached hydrogen (secondary N) is 1. The number of rotatable bonds is 5. The van der Waals surface area contributed by atoms with Gasteiger partial charge in [0.1, 0.15) is 11.6 Å². The summed E-state index contributed by atoms with van der Waals surface area (Å²) in [6, 6.07) is 18.3. The molecule has 3 aromatic heterocycles. The standard InChI is InChI=1S/C26H20FN5O/c27-21-12-20-9-16(2-4-24(20)31-15-21)11-22-13-19(6-7-29-22)26(33)32-14-17-1-3-23-18(10-17)5-8-30-25(23)28/h1-10,12-13,15H,11,14H2,(H2,28,30)(H,32,33). The van der Waals surface area contributed by atoms with Crippen LogP contribution in [-0.2, 0) is 13.0 Å². The third-order valence-electron chi connectivity index (χ3n) is 5.49. The minimum absolute atomic E-state index is 0.183. The van der Waals surface area contributed by atoms with Gasteiger partial charge in [-0.15, -0.1) is 0 Å². The van der Waals surface area contributed by atoms with Gasteiger partial charge in [0.15, 0.2) is 0 Å². The van der Waals surface area contributed by atoms with Crippen molar-refractivity contribution in [3.63, 3.8) is 0 Å². The quantitative estimate of drug-likeness (QED) is 0.425. The van der Waals surface area contributed by atoms with E-state index in [2.05, 4.69) is 20.3 Å². The summed E-state index contributed by atoms with van der Waals surface area (Å²) in [5.41, 5.74) is 9.84. The average Bonchev–Trinajstić information content (AvgIpc) is 2.82. The number of fused-ring (bicyclic) bond motifs is 2. The molecule has 2 aromatic carbocycles. The molecule has 0 unspecified atom stereocenters. The van der Waals surface area contributed by atoms with Gasteiger partial charge in [0.25, 0.3) is 5.91 Å². The molecule has 0 aliphatic rings. The number of nitrogen functional groups attached to an aromatic ring is 1. The number of nitrogens with two attached hydrogens (primary N) is 1. The predicted molar refractivity (Wildman–Crippen MR) is 126 cm³/mol. The predicted octanol–water partition coefficient (Wildman–Crippen LogP) is 4.42. The largest absolute Gasteiger partial charge is 0.383 e. The lowest BCUT2D eigenvalue weighted by Gasteiger charge is -2.09. The molecule has 0 radical (unpaired) electrons. The Morgan fingerprint density at radius 1 is 0.879 bits per heavy atom. The van der Waals surface area contributed by atoms with Crippen LogP contribution >= 0.6 is 0 Å². The van der Waals surface area contributed by atoms with Crippen LogP contribution in [0.25, 0.3) is 21.7 Å². The van der Waals surface area contributed by atoms with Gasteiger partial charge >= 0.3 is 0 Å². The first-order chi connectivity index (χ1) is 16.0. The fourth-order valence-electron chi connectivity index (χ4n) is 3.83. The van der Waals surface area contributed by atoms with Gasteiger partial charge in [0.05, 0.1) is 11.7 Å². The van der Waals surface area contributed by atoms with Crippen LogP contribution in [0, 0.1) is 5.82 Å². The van der Waals surface area contributed by atoms with Gasteiger partial charge in [-0.1, -0.05) is 18.2 Å². The highest BCUT2D eigenvalue weighted by atomic mass is 19.1. The van der Waals surface area contributed by atoms with Crippen LogP contribution in [-0.4, -0.2) is 20.9 Å². The highest BCUT2D eigenvalue weighted by Gasteiger charge is 2.09. The number of anilines is 1. The maximum absolute atomic E-state index is 13.5. The molecular weight excluding hydrogens is 417 g/mol. The van der Waals surface area contributed by atoms with Gasteiger partial charge in [-0.25, -0.2) is 9.37 Å². The molecule has 0 bridgehead atoms. The van der Waals surface area contributed by atoms with E-state index >= 15 is 0 Å². The first-order valence-corrected chi connectivity index (χ1v) is 10.5. The van der Waals surface area contributed by atoms with Crippen molar-refractivity contribution < 1.29 is 9.18 Å². The summed E-state index contributed by atoms with van der Waals surface area (Å²) in [6.07, 6.45) is 5.02. The maximum Gasteiger partial charge on any atom is 0.251 e. The van der Waals surface area contributed by atoms with Crippen LogP contribution in [0.2, 0.25) is 0 Å². The summed E-state index contributed by atoms with van der Waals surface area (Å²) in [4.78, 5) is 25.3. The Morgan fingerprint density at radius 3 is 2.61 bits per heavy atom. The molecule has 3 N–H and O–H groups in total. The first-order valence-electron chi connectivity index (χ1n) is 10.5. The van der Waals surface area contributed by atoms with E-state index in [9.17, 15) is 9.18 Å². The second-order valence-corrected chi connectivity index (χ2v) is 7.83. The fourth-order valence-corrected chi connectivity index (χ4v) is 3.83. The van der Waals surface area contributed by atoms with E-state index in [1.54, 1.807) is 24.5 Å². The van der Waals surface area contributed by atoms with Crippen LogP contribution < -0.4 is 11.1 Å². The van der Waals surface area contributed by atoms with Crippen molar-refractivity contribution in [1.82, 2.24) is 20.3 Å². The van der Waals surface area contributed by atoms with Gasteiger partial charge in [0, 0.05) is 47.4 Å². The fraction of sp³-hybridized carbons (Fsp3) is 0.0769. The molecule has 0 atom stereocenters. The molecule has 0 spiro atoms. The Labute approximate surface area is 189 Å². The minimum Gasteiger partial charge on any atom is -0.383 e. The molecule has 0 aliphatic heterocycles. The molecular formula is C26H20FN5O. The molecule has 7 heteroatoms. The summed E-state index contributed by atoms with van der Waals surface area (Å²) in [6.45, 7) is 0.387. The highest BCUT2D eigenvalue weighted by Crippen LogP contribution is 2.20. The van der Waals surface area contributed by atoms with E-state index in [1.165, 1.54) is 12.3 Å². The smallest absolute Gasteiger partial charge is 0.251 e. The summed E-state index contributed by atoms with van der Waals surface area (Å²) in [5.74, 6) is -0.0685. The number of aromatic nitrogens is 3. The van der Waals surface area contributed by atoms with Crippen LogP contribution in [0.5, 0.6) is 0 Å². The zero-order chi connectivity index (χ0) is 22.8. The van der Waals surface area contributed by atoms with Crippen molar-refractivity contribution in [2.75, 3.05) is 5.73 Å². The number of benzene rings is 2. The van der Waals surface area contributed by atoms with Crippen LogP contribution in [0.1, 0.15) is 27.2 Å². The monoisotopic (exact) mass is 437 g/mol. The normalized spacial score (nSPS) is 11.1. The van der Waals surface area contributed by atoms with E-state index in [0.717, 1.165) is 38.5 Å². The summed E-state index contributed by atoms with van der Waals surface area (Å²) in [5, 5.41) is 5.55. The Morgan fingerprint density at radius 2 is 1.70 bits per heavy atom. The average molecular weight is 437 g/mol. The summed E-state index contributed by atoms with van der Waals surface area (Å²) >= 11 is 0. The Balaban J connectivity index is 1.29. The number of hydrogen-bond donors (Lipinski definition) is 2. The lowest BCUT2D eigenvalue weighted by molar-refractivity contribution is 0.0950. The molecule has 0 saturated carbocycles. The van der Waals surface area contributed by atoms with E-state index in [0.29, 0.717) is 24.3 Å².